The van der Waals surface area contributed by atoms with Crippen molar-refractivity contribution in [2.24, 2.45) is 5.92 Å². The molecule has 1 aromatic carbocycles. The predicted molar refractivity (Wildman–Crippen MR) is 88.7 cm³/mol. The van der Waals surface area contributed by atoms with E-state index in [1.54, 1.807) is 19.8 Å². The van der Waals surface area contributed by atoms with Crippen LogP contribution in [-0.2, 0) is 4.79 Å². The zero-order valence-corrected chi connectivity index (χ0v) is 13.8. The fraction of sp³-hybridized carbons (Fsp3) is 0.500. The number of likely N-dealkylation sites (tertiary alicyclic amines) is 1. The number of benzene rings is 1. The molecule has 3 unspecified atom stereocenters. The van der Waals surface area contributed by atoms with Gasteiger partial charge in [-0.15, -0.1) is 0 Å². The second-order valence-electron chi connectivity index (χ2n) is 6.65. The van der Waals surface area contributed by atoms with Gasteiger partial charge in [0, 0.05) is 19.0 Å². The minimum Gasteiger partial charge on any atom is -0.496 e. The zero-order valence-electron chi connectivity index (χ0n) is 13.8. The standard InChI is InChI=1S/C18H22N4O2/c1-24-17-7-3-2-6-14(17)15-9-16(15)18(23)21-8-4-5-13(10-21)22-12-19-11-20-22/h2-3,6-7,11-13,15-16H,4-5,8-10H2,1H3. The van der Waals surface area contributed by atoms with E-state index in [2.05, 4.69) is 16.1 Å². The molecule has 6 nitrogen and oxygen atoms in total. The summed E-state index contributed by atoms with van der Waals surface area (Å²) >= 11 is 0. The molecule has 0 radical (unpaired) electrons. The molecule has 1 saturated carbocycles. The number of hydrogen-bond donors (Lipinski definition) is 0. The van der Waals surface area contributed by atoms with Gasteiger partial charge in [0.2, 0.25) is 5.91 Å². The number of para-hydroxylation sites is 1. The van der Waals surface area contributed by atoms with E-state index < -0.39 is 0 Å². The normalized spacial score (nSPS) is 26.2. The Hall–Kier alpha value is -2.37. The van der Waals surface area contributed by atoms with Crippen molar-refractivity contribution >= 4 is 5.91 Å². The lowest BCUT2D eigenvalue weighted by Gasteiger charge is -2.33. The third kappa shape index (κ3) is 2.77. The van der Waals surface area contributed by atoms with Crippen LogP contribution in [0, 0.1) is 5.92 Å². The number of ether oxygens (including phenoxy) is 1. The Balaban J connectivity index is 1.43. The molecule has 1 aromatic heterocycles. The molecule has 1 amide bonds. The maximum atomic E-state index is 12.9. The fourth-order valence-electron chi connectivity index (χ4n) is 3.80. The molecule has 3 atom stereocenters. The highest BCUT2D eigenvalue weighted by Crippen LogP contribution is 2.51. The lowest BCUT2D eigenvalue weighted by Crippen LogP contribution is -2.41. The van der Waals surface area contributed by atoms with Gasteiger partial charge in [0.25, 0.3) is 0 Å². The Morgan fingerprint density at radius 3 is 3.00 bits per heavy atom. The van der Waals surface area contributed by atoms with Crippen LogP contribution < -0.4 is 4.74 Å². The quantitative estimate of drug-likeness (QED) is 0.865. The Labute approximate surface area is 141 Å². The molecule has 6 heteroatoms. The van der Waals surface area contributed by atoms with Gasteiger partial charge < -0.3 is 9.64 Å². The Morgan fingerprint density at radius 1 is 1.33 bits per heavy atom. The van der Waals surface area contributed by atoms with Gasteiger partial charge in [0.1, 0.15) is 18.4 Å². The third-order valence-corrected chi connectivity index (χ3v) is 5.16. The van der Waals surface area contributed by atoms with Gasteiger partial charge in [-0.2, -0.15) is 5.10 Å². The zero-order chi connectivity index (χ0) is 16.5. The summed E-state index contributed by atoms with van der Waals surface area (Å²) in [6, 6.07) is 8.27. The van der Waals surface area contributed by atoms with Crippen LogP contribution >= 0.6 is 0 Å². The van der Waals surface area contributed by atoms with Crippen LogP contribution in [-0.4, -0.2) is 45.8 Å². The van der Waals surface area contributed by atoms with Crippen molar-refractivity contribution in [3.63, 3.8) is 0 Å². The molecule has 126 valence electrons. The van der Waals surface area contributed by atoms with Gasteiger partial charge in [0.05, 0.1) is 13.2 Å². The van der Waals surface area contributed by atoms with Gasteiger partial charge >= 0.3 is 0 Å². The number of carbonyl (C=O) groups excluding carboxylic acids is 1. The van der Waals surface area contributed by atoms with Gasteiger partial charge in [-0.05, 0) is 36.8 Å². The smallest absolute Gasteiger partial charge is 0.226 e. The van der Waals surface area contributed by atoms with E-state index in [4.69, 9.17) is 4.74 Å². The number of piperidine rings is 1. The summed E-state index contributed by atoms with van der Waals surface area (Å²) in [4.78, 5) is 18.9. The first-order chi connectivity index (χ1) is 11.8. The Kier molecular flexibility index (Phi) is 3.96. The largest absolute Gasteiger partial charge is 0.496 e. The monoisotopic (exact) mass is 326 g/mol. The first-order valence-electron chi connectivity index (χ1n) is 8.53. The average Bonchev–Trinajstić information content (AvgIpc) is 3.24. The summed E-state index contributed by atoms with van der Waals surface area (Å²) in [5, 5.41) is 4.23. The van der Waals surface area contributed by atoms with Crippen LogP contribution in [0.2, 0.25) is 0 Å². The number of aromatic nitrogens is 3. The minimum absolute atomic E-state index is 0.0933. The van der Waals surface area contributed by atoms with Crippen molar-refractivity contribution in [1.29, 1.82) is 0 Å². The Bertz CT molecular complexity index is 716. The van der Waals surface area contributed by atoms with E-state index in [1.165, 1.54) is 0 Å². The molecule has 2 fully saturated rings. The molecular formula is C18H22N4O2. The summed E-state index contributed by atoms with van der Waals surface area (Å²) in [6.45, 7) is 1.58. The molecule has 0 N–H and O–H groups in total. The fourth-order valence-corrected chi connectivity index (χ4v) is 3.80. The molecule has 1 aliphatic carbocycles. The van der Waals surface area contributed by atoms with Crippen LogP contribution in [0.3, 0.4) is 0 Å². The average molecular weight is 326 g/mol. The lowest BCUT2D eigenvalue weighted by atomic mass is 10.0. The second kappa shape index (κ2) is 6.26. The van der Waals surface area contributed by atoms with Crippen molar-refractivity contribution in [3.05, 3.63) is 42.5 Å². The van der Waals surface area contributed by atoms with E-state index >= 15 is 0 Å². The molecular weight excluding hydrogens is 304 g/mol. The molecule has 0 spiro atoms. The van der Waals surface area contributed by atoms with Crippen LogP contribution in [0.5, 0.6) is 5.75 Å². The van der Waals surface area contributed by atoms with Crippen molar-refractivity contribution in [2.75, 3.05) is 20.2 Å². The van der Waals surface area contributed by atoms with Gasteiger partial charge in [0.15, 0.2) is 0 Å². The summed E-state index contributed by atoms with van der Waals surface area (Å²) < 4.78 is 7.32. The van der Waals surface area contributed by atoms with Crippen molar-refractivity contribution in [3.8, 4) is 5.75 Å². The first-order valence-corrected chi connectivity index (χ1v) is 8.53. The summed E-state index contributed by atoms with van der Waals surface area (Å²) in [6.07, 6.45) is 6.28. The molecule has 2 heterocycles. The Morgan fingerprint density at radius 2 is 2.21 bits per heavy atom. The topological polar surface area (TPSA) is 60.2 Å². The number of carbonyl (C=O) groups is 1. The number of nitrogens with zero attached hydrogens (tertiary/aromatic N) is 4. The first kappa shape index (κ1) is 15.2. The maximum absolute atomic E-state index is 12.9. The lowest BCUT2D eigenvalue weighted by molar-refractivity contribution is -0.134. The molecule has 2 aromatic rings. The molecule has 24 heavy (non-hydrogen) atoms. The van der Waals surface area contributed by atoms with Crippen LogP contribution in [0.4, 0.5) is 0 Å². The molecule has 2 aliphatic rings. The summed E-state index contributed by atoms with van der Waals surface area (Å²) in [7, 11) is 1.69. The SMILES string of the molecule is COc1ccccc1C1CC1C(=O)N1CCCC(n2cncn2)C1. The van der Waals surface area contributed by atoms with Crippen molar-refractivity contribution in [2.45, 2.75) is 31.2 Å². The molecule has 0 bridgehead atoms. The number of rotatable bonds is 4. The van der Waals surface area contributed by atoms with E-state index in [0.717, 1.165) is 43.7 Å². The number of methoxy groups -OCH3 is 1. The van der Waals surface area contributed by atoms with Crippen LogP contribution in [0.15, 0.2) is 36.9 Å². The summed E-state index contributed by atoms with van der Waals surface area (Å²) in [5.74, 6) is 1.55. The summed E-state index contributed by atoms with van der Waals surface area (Å²) in [5.41, 5.74) is 1.16. The van der Waals surface area contributed by atoms with E-state index in [1.807, 2.05) is 27.8 Å². The number of amides is 1. The maximum Gasteiger partial charge on any atom is 0.226 e. The van der Waals surface area contributed by atoms with Crippen molar-refractivity contribution < 1.29 is 9.53 Å². The van der Waals surface area contributed by atoms with Crippen LogP contribution in [0.25, 0.3) is 0 Å². The van der Waals surface area contributed by atoms with Gasteiger partial charge in [-0.3, -0.25) is 4.79 Å². The highest BCUT2D eigenvalue weighted by molar-refractivity contribution is 5.83. The van der Waals surface area contributed by atoms with E-state index in [9.17, 15) is 4.79 Å². The molecule has 1 aliphatic heterocycles. The van der Waals surface area contributed by atoms with Crippen molar-refractivity contribution in [1.82, 2.24) is 19.7 Å². The van der Waals surface area contributed by atoms with Gasteiger partial charge in [-0.1, -0.05) is 18.2 Å². The minimum atomic E-state index is 0.0933. The highest BCUT2D eigenvalue weighted by Gasteiger charge is 2.47. The van der Waals surface area contributed by atoms with Crippen LogP contribution in [0.1, 0.15) is 36.8 Å². The molecule has 1 saturated heterocycles. The molecule has 4 rings (SSSR count). The second-order valence-corrected chi connectivity index (χ2v) is 6.65. The van der Waals surface area contributed by atoms with Gasteiger partial charge in [-0.25, -0.2) is 9.67 Å². The number of hydrogen-bond acceptors (Lipinski definition) is 4. The predicted octanol–water partition coefficient (Wildman–Crippen LogP) is 2.25. The third-order valence-electron chi connectivity index (χ3n) is 5.16. The van der Waals surface area contributed by atoms with E-state index in [0.29, 0.717) is 5.92 Å². The highest BCUT2D eigenvalue weighted by atomic mass is 16.5. The van der Waals surface area contributed by atoms with E-state index in [-0.39, 0.29) is 17.9 Å².